The molecule has 29 heavy (non-hydrogen) atoms. The van der Waals surface area contributed by atoms with Crippen molar-refractivity contribution in [1.29, 1.82) is 0 Å². The van der Waals surface area contributed by atoms with Crippen LogP contribution in [0.4, 0.5) is 0 Å². The van der Waals surface area contributed by atoms with E-state index in [1.807, 2.05) is 30.0 Å². The van der Waals surface area contributed by atoms with Crippen LogP contribution in [0.1, 0.15) is 41.5 Å². The second kappa shape index (κ2) is 8.53. The summed E-state index contributed by atoms with van der Waals surface area (Å²) in [6.07, 6.45) is 3.39. The second-order valence-electron chi connectivity index (χ2n) is 8.33. The van der Waals surface area contributed by atoms with Crippen LogP contribution in [0.15, 0.2) is 18.2 Å². The number of carbonyl (C=O) groups excluding carboxylic acids is 1. The van der Waals surface area contributed by atoms with Crippen molar-refractivity contribution >= 4 is 5.91 Å². The fourth-order valence-corrected chi connectivity index (χ4v) is 4.48. The summed E-state index contributed by atoms with van der Waals surface area (Å²) in [7, 11) is 3.83. The van der Waals surface area contributed by atoms with Crippen LogP contribution < -0.4 is 4.74 Å². The van der Waals surface area contributed by atoms with Gasteiger partial charge in [0, 0.05) is 37.5 Å². The van der Waals surface area contributed by atoms with Crippen molar-refractivity contribution in [2.45, 2.75) is 45.1 Å². The van der Waals surface area contributed by atoms with Gasteiger partial charge in [-0.15, -0.1) is 10.2 Å². The van der Waals surface area contributed by atoms with Crippen LogP contribution in [0.5, 0.6) is 5.75 Å². The van der Waals surface area contributed by atoms with Gasteiger partial charge in [0.05, 0.1) is 13.5 Å². The maximum atomic E-state index is 13.0. The van der Waals surface area contributed by atoms with Gasteiger partial charge in [-0.2, -0.15) is 0 Å². The molecule has 7 heteroatoms. The van der Waals surface area contributed by atoms with Gasteiger partial charge in [-0.25, -0.2) is 0 Å². The van der Waals surface area contributed by atoms with E-state index in [2.05, 4.69) is 26.7 Å². The number of aryl methyl sites for hydroxylation is 1. The van der Waals surface area contributed by atoms with E-state index in [-0.39, 0.29) is 5.91 Å². The lowest BCUT2D eigenvalue weighted by Gasteiger charge is -2.28. The Kier molecular flexibility index (Phi) is 5.85. The molecule has 3 heterocycles. The summed E-state index contributed by atoms with van der Waals surface area (Å²) in [5.41, 5.74) is 2.09. The zero-order valence-corrected chi connectivity index (χ0v) is 17.7. The van der Waals surface area contributed by atoms with Gasteiger partial charge in [-0.1, -0.05) is 17.7 Å². The number of amides is 1. The predicted octanol–water partition coefficient (Wildman–Crippen LogP) is 2.03. The number of likely N-dealkylation sites (tertiary alicyclic amines) is 1. The number of rotatable bonds is 4. The van der Waals surface area contributed by atoms with E-state index in [4.69, 9.17) is 4.74 Å². The summed E-state index contributed by atoms with van der Waals surface area (Å²) in [6.45, 7) is 6.43. The molecule has 0 radical (unpaired) electrons. The van der Waals surface area contributed by atoms with Gasteiger partial charge in [0.25, 0.3) is 0 Å². The van der Waals surface area contributed by atoms with Crippen LogP contribution in [-0.4, -0.2) is 70.8 Å². The first-order chi connectivity index (χ1) is 14.0. The monoisotopic (exact) mass is 397 g/mol. The minimum absolute atomic E-state index is 0.147. The fraction of sp³-hybridized carbons (Fsp3) is 0.591. The van der Waals surface area contributed by atoms with E-state index in [0.29, 0.717) is 25.4 Å². The van der Waals surface area contributed by atoms with E-state index in [9.17, 15) is 4.79 Å². The van der Waals surface area contributed by atoms with Crippen LogP contribution in [-0.2, 0) is 24.2 Å². The molecule has 0 bridgehead atoms. The highest BCUT2D eigenvalue weighted by Crippen LogP contribution is 2.27. The van der Waals surface area contributed by atoms with Crippen molar-refractivity contribution in [3.8, 4) is 5.75 Å². The Hall–Kier alpha value is -2.41. The third kappa shape index (κ3) is 4.29. The molecule has 0 spiro atoms. The van der Waals surface area contributed by atoms with Gasteiger partial charge in [-0.05, 0) is 46.0 Å². The molecule has 1 saturated heterocycles. The molecule has 156 valence electrons. The Labute approximate surface area is 172 Å². The van der Waals surface area contributed by atoms with Crippen molar-refractivity contribution in [3.05, 3.63) is 41.0 Å². The van der Waals surface area contributed by atoms with Crippen LogP contribution >= 0.6 is 0 Å². The van der Waals surface area contributed by atoms with Crippen LogP contribution in [0.25, 0.3) is 0 Å². The van der Waals surface area contributed by atoms with Crippen molar-refractivity contribution in [2.75, 3.05) is 40.3 Å². The number of piperidine rings is 1. The molecule has 1 fully saturated rings. The number of hydrogen-bond donors (Lipinski definition) is 0. The summed E-state index contributed by atoms with van der Waals surface area (Å²) in [5, 5.41) is 9.00. The average molecular weight is 398 g/mol. The summed E-state index contributed by atoms with van der Waals surface area (Å²) in [5.74, 6) is 3.53. The Morgan fingerprint density at radius 1 is 1.14 bits per heavy atom. The Bertz CT molecular complexity index is 870. The highest BCUT2D eigenvalue weighted by atomic mass is 16.5. The molecule has 1 aromatic carbocycles. The summed E-state index contributed by atoms with van der Waals surface area (Å²) < 4.78 is 7.72. The van der Waals surface area contributed by atoms with Gasteiger partial charge >= 0.3 is 0 Å². The first kappa shape index (κ1) is 19.9. The molecule has 0 unspecified atom stereocenters. The molecule has 4 rings (SSSR count). The maximum absolute atomic E-state index is 13.0. The van der Waals surface area contributed by atoms with Crippen molar-refractivity contribution in [2.24, 2.45) is 0 Å². The smallest absolute Gasteiger partial charge is 0.227 e. The molecule has 0 atom stereocenters. The van der Waals surface area contributed by atoms with E-state index in [1.165, 1.54) is 0 Å². The lowest BCUT2D eigenvalue weighted by atomic mass is 9.96. The minimum atomic E-state index is 0.147. The lowest BCUT2D eigenvalue weighted by Crippen LogP contribution is -2.35. The molecule has 0 saturated carbocycles. The standard InChI is InChI=1S/C22H31N5O2/c1-16-4-5-19(29-3)18(14-16)15-21(28)26-11-8-20-23-24-22(27(20)13-12-26)17-6-9-25(2)10-7-17/h4-5,14,17H,6-13,15H2,1-3H3. The predicted molar refractivity (Wildman–Crippen MR) is 111 cm³/mol. The van der Waals surface area contributed by atoms with E-state index in [1.54, 1.807) is 7.11 Å². The topological polar surface area (TPSA) is 63.5 Å². The number of benzene rings is 1. The van der Waals surface area contributed by atoms with Crippen LogP contribution in [0.2, 0.25) is 0 Å². The Morgan fingerprint density at radius 3 is 2.69 bits per heavy atom. The molecular formula is C22H31N5O2. The first-order valence-corrected chi connectivity index (χ1v) is 10.6. The third-order valence-corrected chi connectivity index (χ3v) is 6.27. The number of fused-ring (bicyclic) bond motifs is 1. The van der Waals surface area contributed by atoms with Gasteiger partial charge < -0.3 is 19.1 Å². The summed E-state index contributed by atoms with van der Waals surface area (Å²) >= 11 is 0. The molecule has 2 aliphatic heterocycles. The van der Waals surface area contributed by atoms with Gasteiger partial charge in [-0.3, -0.25) is 4.79 Å². The normalized spacial score (nSPS) is 18.4. The lowest BCUT2D eigenvalue weighted by molar-refractivity contribution is -0.130. The van der Waals surface area contributed by atoms with Crippen molar-refractivity contribution in [1.82, 2.24) is 24.6 Å². The molecule has 2 aromatic rings. The molecular weight excluding hydrogens is 366 g/mol. The van der Waals surface area contributed by atoms with E-state index in [0.717, 1.165) is 67.4 Å². The molecule has 0 aliphatic carbocycles. The number of hydrogen-bond acceptors (Lipinski definition) is 5. The minimum Gasteiger partial charge on any atom is -0.496 e. The Morgan fingerprint density at radius 2 is 1.93 bits per heavy atom. The number of methoxy groups -OCH3 is 1. The highest BCUT2D eigenvalue weighted by molar-refractivity contribution is 5.79. The van der Waals surface area contributed by atoms with E-state index >= 15 is 0 Å². The van der Waals surface area contributed by atoms with Crippen molar-refractivity contribution < 1.29 is 9.53 Å². The number of nitrogens with zero attached hydrogens (tertiary/aromatic N) is 5. The van der Waals surface area contributed by atoms with E-state index < -0.39 is 0 Å². The van der Waals surface area contributed by atoms with Gasteiger partial charge in [0.1, 0.15) is 17.4 Å². The second-order valence-corrected chi connectivity index (χ2v) is 8.33. The first-order valence-electron chi connectivity index (χ1n) is 10.6. The Balaban J connectivity index is 1.43. The number of aromatic nitrogens is 3. The maximum Gasteiger partial charge on any atom is 0.227 e. The SMILES string of the molecule is COc1ccc(C)cc1CC(=O)N1CCc2nnc(C3CCN(C)CC3)n2CC1. The summed E-state index contributed by atoms with van der Waals surface area (Å²) in [4.78, 5) is 17.4. The molecule has 7 nitrogen and oxygen atoms in total. The number of carbonyl (C=O) groups is 1. The highest BCUT2D eigenvalue weighted by Gasteiger charge is 2.27. The molecule has 1 aromatic heterocycles. The van der Waals surface area contributed by atoms with Crippen LogP contribution in [0.3, 0.4) is 0 Å². The molecule has 2 aliphatic rings. The van der Waals surface area contributed by atoms with Crippen molar-refractivity contribution in [3.63, 3.8) is 0 Å². The fourth-order valence-electron chi connectivity index (χ4n) is 4.48. The summed E-state index contributed by atoms with van der Waals surface area (Å²) in [6, 6.07) is 5.99. The average Bonchev–Trinajstić information content (AvgIpc) is 2.99. The molecule has 0 N–H and O–H groups in total. The number of ether oxygens (including phenoxy) is 1. The quantitative estimate of drug-likeness (QED) is 0.790. The van der Waals surface area contributed by atoms with Gasteiger partial charge in [0.2, 0.25) is 5.91 Å². The van der Waals surface area contributed by atoms with Crippen LogP contribution in [0, 0.1) is 6.92 Å². The zero-order chi connectivity index (χ0) is 20.4. The van der Waals surface area contributed by atoms with Gasteiger partial charge in [0.15, 0.2) is 0 Å². The zero-order valence-electron chi connectivity index (χ0n) is 17.7. The molecule has 1 amide bonds. The third-order valence-electron chi connectivity index (χ3n) is 6.27. The largest absolute Gasteiger partial charge is 0.496 e.